The van der Waals surface area contributed by atoms with Gasteiger partial charge in [-0.1, -0.05) is 52.3 Å². The molecule has 0 fully saturated rings. The highest BCUT2D eigenvalue weighted by Crippen LogP contribution is 2.51. The van der Waals surface area contributed by atoms with E-state index in [-0.39, 0.29) is 16.9 Å². The summed E-state index contributed by atoms with van der Waals surface area (Å²) < 4.78 is 30.1. The van der Waals surface area contributed by atoms with Gasteiger partial charge < -0.3 is 5.32 Å². The van der Waals surface area contributed by atoms with Gasteiger partial charge in [0.05, 0.1) is 10.9 Å². The Balaban J connectivity index is 1.49. The molecule has 0 spiro atoms. The predicted molar refractivity (Wildman–Crippen MR) is 134 cm³/mol. The zero-order valence-electron chi connectivity index (χ0n) is 18.0. The maximum atomic E-state index is 13.2. The van der Waals surface area contributed by atoms with Gasteiger partial charge in [0.2, 0.25) is 0 Å². The molecule has 4 nitrogen and oxygen atoms in total. The van der Waals surface area contributed by atoms with Gasteiger partial charge in [-0.05, 0) is 84.8 Å². The van der Waals surface area contributed by atoms with Gasteiger partial charge in [0, 0.05) is 21.8 Å². The van der Waals surface area contributed by atoms with E-state index in [0.29, 0.717) is 11.6 Å². The molecule has 3 atom stereocenters. The summed E-state index contributed by atoms with van der Waals surface area (Å²) in [6, 6.07) is 19.5. The topological polar surface area (TPSA) is 58.2 Å². The molecule has 32 heavy (non-hydrogen) atoms. The van der Waals surface area contributed by atoms with Crippen molar-refractivity contribution in [2.75, 3.05) is 10.0 Å². The standard InChI is InChI=1S/C26H25BrN2O2S/c1-16-10-11-18(14-17(16)2)29-32(30,31)19-12-13-25-23(15-19)20-7-5-8-21(20)26(28-25)22-6-3-4-9-24(22)27/h3-7,9-15,20-21,26,28-29H,8H2,1-2H3/t20-,21+,26-/m1/s1. The predicted octanol–water partition coefficient (Wildman–Crippen LogP) is 6.69. The molecule has 1 heterocycles. The summed E-state index contributed by atoms with van der Waals surface area (Å²) >= 11 is 3.70. The molecule has 5 rings (SSSR count). The molecular formula is C26H25BrN2O2S. The Kier molecular flexibility index (Phi) is 5.38. The van der Waals surface area contributed by atoms with Crippen molar-refractivity contribution < 1.29 is 8.42 Å². The highest BCUT2D eigenvalue weighted by atomic mass is 79.9. The second kappa shape index (κ2) is 8.09. The van der Waals surface area contributed by atoms with Crippen molar-refractivity contribution in [3.05, 3.63) is 99.5 Å². The molecule has 0 saturated carbocycles. The molecule has 3 aromatic carbocycles. The number of rotatable bonds is 4. The van der Waals surface area contributed by atoms with E-state index in [2.05, 4.69) is 56.3 Å². The number of halogens is 1. The molecule has 0 aromatic heterocycles. The Morgan fingerprint density at radius 2 is 1.78 bits per heavy atom. The Hall–Kier alpha value is -2.57. The highest BCUT2D eigenvalue weighted by molar-refractivity contribution is 9.10. The smallest absolute Gasteiger partial charge is 0.261 e. The van der Waals surface area contributed by atoms with Crippen LogP contribution in [0.3, 0.4) is 0 Å². The molecule has 164 valence electrons. The summed E-state index contributed by atoms with van der Waals surface area (Å²) in [6.07, 6.45) is 5.40. The van der Waals surface area contributed by atoms with Gasteiger partial charge in [-0.15, -0.1) is 0 Å². The van der Waals surface area contributed by atoms with Crippen molar-refractivity contribution in [1.29, 1.82) is 0 Å². The first-order chi connectivity index (χ1) is 15.3. The number of benzene rings is 3. The van der Waals surface area contributed by atoms with Crippen LogP contribution < -0.4 is 10.0 Å². The number of hydrogen-bond donors (Lipinski definition) is 2. The third-order valence-corrected chi connectivity index (χ3v) is 8.75. The van der Waals surface area contributed by atoms with Crippen LogP contribution in [0.15, 0.2) is 82.2 Å². The maximum absolute atomic E-state index is 13.2. The molecule has 2 aliphatic rings. The van der Waals surface area contributed by atoms with Gasteiger partial charge >= 0.3 is 0 Å². The molecule has 6 heteroatoms. The highest BCUT2D eigenvalue weighted by Gasteiger charge is 2.39. The zero-order chi connectivity index (χ0) is 22.5. The van der Waals surface area contributed by atoms with Crippen LogP contribution in [-0.2, 0) is 10.0 Å². The first-order valence-electron chi connectivity index (χ1n) is 10.7. The molecule has 0 saturated heterocycles. The fraction of sp³-hybridized carbons (Fsp3) is 0.231. The largest absolute Gasteiger partial charge is 0.378 e. The van der Waals surface area contributed by atoms with Gasteiger partial charge in [-0.25, -0.2) is 8.42 Å². The Morgan fingerprint density at radius 1 is 0.969 bits per heavy atom. The lowest BCUT2D eigenvalue weighted by molar-refractivity contribution is 0.424. The summed E-state index contributed by atoms with van der Waals surface area (Å²) in [5.74, 6) is 0.520. The third kappa shape index (κ3) is 3.76. The van der Waals surface area contributed by atoms with E-state index in [1.807, 2.05) is 44.2 Å². The number of fused-ring (bicyclic) bond motifs is 3. The Labute approximate surface area is 197 Å². The van der Waals surface area contributed by atoms with Crippen LogP contribution in [0, 0.1) is 19.8 Å². The Bertz CT molecular complexity index is 1330. The number of anilines is 2. The number of aryl methyl sites for hydroxylation is 2. The van der Waals surface area contributed by atoms with Gasteiger partial charge in [-0.3, -0.25) is 4.72 Å². The van der Waals surface area contributed by atoms with Gasteiger partial charge in [0.25, 0.3) is 10.0 Å². The van der Waals surface area contributed by atoms with E-state index in [4.69, 9.17) is 0 Å². The van der Waals surface area contributed by atoms with E-state index in [1.54, 1.807) is 12.1 Å². The molecular weight excluding hydrogens is 484 g/mol. The van der Waals surface area contributed by atoms with Crippen molar-refractivity contribution >= 4 is 37.3 Å². The van der Waals surface area contributed by atoms with E-state index in [9.17, 15) is 8.42 Å². The average molecular weight is 509 g/mol. The minimum atomic E-state index is -3.69. The van der Waals surface area contributed by atoms with Gasteiger partial charge in [-0.2, -0.15) is 0 Å². The van der Waals surface area contributed by atoms with Crippen molar-refractivity contribution in [2.45, 2.75) is 37.1 Å². The van der Waals surface area contributed by atoms with Crippen LogP contribution in [0.5, 0.6) is 0 Å². The van der Waals surface area contributed by atoms with Gasteiger partial charge in [0.15, 0.2) is 0 Å². The number of sulfonamides is 1. The molecule has 1 aliphatic carbocycles. The summed E-state index contributed by atoms with van der Waals surface area (Å²) in [5, 5.41) is 3.68. The lowest BCUT2D eigenvalue weighted by atomic mass is 9.77. The van der Waals surface area contributed by atoms with Crippen LogP contribution in [-0.4, -0.2) is 8.42 Å². The average Bonchev–Trinajstić information content (AvgIpc) is 3.26. The maximum Gasteiger partial charge on any atom is 0.261 e. The zero-order valence-corrected chi connectivity index (χ0v) is 20.4. The summed E-state index contributed by atoms with van der Waals surface area (Å²) in [6.45, 7) is 3.99. The van der Waals surface area contributed by atoms with Crippen molar-refractivity contribution in [1.82, 2.24) is 0 Å². The van der Waals surface area contributed by atoms with E-state index < -0.39 is 10.0 Å². The van der Waals surface area contributed by atoms with Crippen molar-refractivity contribution in [2.24, 2.45) is 5.92 Å². The Morgan fingerprint density at radius 3 is 2.56 bits per heavy atom. The minimum absolute atomic E-state index is 0.161. The van der Waals surface area contributed by atoms with E-state index in [0.717, 1.165) is 33.3 Å². The SMILES string of the molecule is Cc1ccc(NS(=O)(=O)c2ccc3c(c2)[C@@H]2C=CC[C@@H]2[C@H](c2ccccc2Br)N3)cc1C. The molecule has 0 radical (unpaired) electrons. The molecule has 3 aromatic rings. The van der Waals surface area contributed by atoms with Crippen molar-refractivity contribution in [3.8, 4) is 0 Å². The summed E-state index contributed by atoms with van der Waals surface area (Å²) in [7, 11) is -3.69. The van der Waals surface area contributed by atoms with Gasteiger partial charge in [0.1, 0.15) is 0 Å². The van der Waals surface area contributed by atoms with Crippen LogP contribution >= 0.6 is 15.9 Å². The monoisotopic (exact) mass is 508 g/mol. The number of hydrogen-bond acceptors (Lipinski definition) is 3. The number of nitrogens with one attached hydrogen (secondary N) is 2. The molecule has 2 N–H and O–H groups in total. The summed E-state index contributed by atoms with van der Waals surface area (Å²) in [4.78, 5) is 0.287. The number of allylic oxidation sites excluding steroid dienone is 2. The first kappa shape index (κ1) is 21.3. The van der Waals surface area contributed by atoms with Crippen LogP contribution in [0.1, 0.15) is 40.6 Å². The molecule has 0 amide bonds. The summed E-state index contributed by atoms with van der Waals surface area (Å²) in [5.41, 5.74) is 6.02. The fourth-order valence-electron chi connectivity index (χ4n) is 4.79. The second-order valence-electron chi connectivity index (χ2n) is 8.65. The van der Waals surface area contributed by atoms with E-state index >= 15 is 0 Å². The second-order valence-corrected chi connectivity index (χ2v) is 11.2. The van der Waals surface area contributed by atoms with Crippen LogP contribution in [0.4, 0.5) is 11.4 Å². The first-order valence-corrected chi connectivity index (χ1v) is 13.0. The quantitative estimate of drug-likeness (QED) is 0.385. The van der Waals surface area contributed by atoms with Crippen molar-refractivity contribution in [3.63, 3.8) is 0 Å². The van der Waals surface area contributed by atoms with Crippen LogP contribution in [0.2, 0.25) is 0 Å². The molecule has 0 bridgehead atoms. The fourth-order valence-corrected chi connectivity index (χ4v) is 6.41. The van der Waals surface area contributed by atoms with Crippen LogP contribution in [0.25, 0.3) is 0 Å². The third-order valence-electron chi connectivity index (χ3n) is 6.64. The van der Waals surface area contributed by atoms with E-state index in [1.165, 1.54) is 5.56 Å². The minimum Gasteiger partial charge on any atom is -0.378 e. The molecule has 1 aliphatic heterocycles. The normalized spacial score (nSPS) is 21.5. The molecule has 0 unspecified atom stereocenters. The lowest BCUT2D eigenvalue weighted by Gasteiger charge is -2.38. The lowest BCUT2D eigenvalue weighted by Crippen LogP contribution is -2.29.